The molecule has 84 valence electrons. The molecule has 2 amide bonds. The molecule has 0 fully saturated rings. The zero-order valence-electron chi connectivity index (χ0n) is 7.34. The Morgan fingerprint density at radius 1 is 1.20 bits per heavy atom. The molecule has 0 bridgehead atoms. The highest BCUT2D eigenvalue weighted by atomic mass is 79.9. The summed E-state index contributed by atoms with van der Waals surface area (Å²) in [5.41, 5.74) is 4.23. The molecular formula is C8H8BrF3N2O. The Kier molecular flexibility index (Phi) is 4.60. The highest BCUT2D eigenvalue weighted by Gasteiger charge is 2.29. The summed E-state index contributed by atoms with van der Waals surface area (Å²) in [5.74, 6) is 0. The molecule has 0 aliphatic carbocycles. The molecule has 0 atom stereocenters. The van der Waals surface area contributed by atoms with Crippen molar-refractivity contribution in [3.05, 3.63) is 29.8 Å². The van der Waals surface area contributed by atoms with Crippen LogP contribution in [0.1, 0.15) is 5.56 Å². The Labute approximate surface area is 94.2 Å². The molecule has 0 aromatic heterocycles. The first-order valence-electron chi connectivity index (χ1n) is 3.63. The van der Waals surface area contributed by atoms with Crippen molar-refractivity contribution in [1.29, 1.82) is 0 Å². The van der Waals surface area contributed by atoms with E-state index in [0.717, 1.165) is 24.3 Å². The minimum Gasteiger partial charge on any atom is -0.351 e. The average molecular weight is 285 g/mol. The average Bonchev–Trinajstić information content (AvgIpc) is 2.02. The molecule has 3 N–H and O–H groups in total. The smallest absolute Gasteiger partial charge is 0.351 e. The summed E-state index contributed by atoms with van der Waals surface area (Å²) in [6, 6.07) is 3.18. The second-order valence-electron chi connectivity index (χ2n) is 2.56. The molecule has 15 heavy (non-hydrogen) atoms. The quantitative estimate of drug-likeness (QED) is 0.819. The molecule has 1 aromatic rings. The molecule has 0 unspecified atom stereocenters. The molecule has 1 aromatic carbocycles. The van der Waals surface area contributed by atoms with E-state index in [4.69, 9.17) is 5.73 Å². The van der Waals surface area contributed by atoms with Gasteiger partial charge in [-0.2, -0.15) is 13.2 Å². The van der Waals surface area contributed by atoms with Gasteiger partial charge in [0.15, 0.2) is 0 Å². The van der Waals surface area contributed by atoms with Crippen LogP contribution in [0.3, 0.4) is 0 Å². The van der Waals surface area contributed by atoms with Crippen molar-refractivity contribution in [2.24, 2.45) is 5.73 Å². The van der Waals surface area contributed by atoms with Crippen LogP contribution < -0.4 is 11.1 Å². The number of rotatable bonds is 1. The topological polar surface area (TPSA) is 55.1 Å². The number of hydrogen-bond acceptors (Lipinski definition) is 1. The number of hydrogen-bond donors (Lipinski definition) is 2. The van der Waals surface area contributed by atoms with Crippen LogP contribution in [0.15, 0.2) is 24.3 Å². The van der Waals surface area contributed by atoms with E-state index in [9.17, 15) is 18.0 Å². The third-order valence-corrected chi connectivity index (χ3v) is 1.48. The lowest BCUT2D eigenvalue weighted by molar-refractivity contribution is -0.137. The summed E-state index contributed by atoms with van der Waals surface area (Å²) < 4.78 is 36.2. The van der Waals surface area contributed by atoms with E-state index in [1.165, 1.54) is 0 Å². The van der Waals surface area contributed by atoms with Gasteiger partial charge in [-0.25, -0.2) is 4.79 Å². The van der Waals surface area contributed by atoms with Crippen LogP contribution in [0, 0.1) is 0 Å². The molecule has 7 heteroatoms. The van der Waals surface area contributed by atoms with Gasteiger partial charge in [0.05, 0.1) is 5.56 Å². The molecule has 3 nitrogen and oxygen atoms in total. The predicted molar refractivity (Wildman–Crippen MR) is 55.0 cm³/mol. The highest BCUT2D eigenvalue weighted by molar-refractivity contribution is 8.93. The van der Waals surface area contributed by atoms with Gasteiger partial charge in [0.25, 0.3) is 0 Å². The minimum absolute atomic E-state index is 0. The van der Waals surface area contributed by atoms with Gasteiger partial charge in [-0.15, -0.1) is 17.0 Å². The van der Waals surface area contributed by atoms with Crippen molar-refractivity contribution in [3.8, 4) is 0 Å². The molecule has 0 spiro atoms. The van der Waals surface area contributed by atoms with E-state index in [-0.39, 0.29) is 22.7 Å². The Bertz CT molecular complexity index is 337. The summed E-state index contributed by atoms with van der Waals surface area (Å²) in [5, 5.41) is 2.15. The number of halogens is 4. The number of urea groups is 1. The van der Waals surface area contributed by atoms with E-state index in [2.05, 4.69) is 5.32 Å². The number of carbonyl (C=O) groups is 1. The summed E-state index contributed by atoms with van der Waals surface area (Å²) >= 11 is 0. The Morgan fingerprint density at radius 2 is 1.67 bits per heavy atom. The zero-order chi connectivity index (χ0) is 10.8. The first-order valence-corrected chi connectivity index (χ1v) is 3.63. The molecule has 1 rings (SSSR count). The largest absolute Gasteiger partial charge is 0.416 e. The lowest BCUT2D eigenvalue weighted by atomic mass is 10.2. The lowest BCUT2D eigenvalue weighted by Crippen LogP contribution is -2.19. The van der Waals surface area contributed by atoms with Crippen LogP contribution in [0.4, 0.5) is 23.7 Å². The van der Waals surface area contributed by atoms with Gasteiger partial charge in [0.2, 0.25) is 0 Å². The van der Waals surface area contributed by atoms with Gasteiger partial charge >= 0.3 is 12.2 Å². The van der Waals surface area contributed by atoms with E-state index in [0.29, 0.717) is 0 Å². The minimum atomic E-state index is -4.37. The lowest BCUT2D eigenvalue weighted by Gasteiger charge is -2.07. The number of benzene rings is 1. The maximum atomic E-state index is 12.1. The second-order valence-corrected chi connectivity index (χ2v) is 2.56. The number of primary amides is 1. The molecular weight excluding hydrogens is 277 g/mol. The number of anilines is 1. The molecule has 0 aliphatic rings. The zero-order valence-corrected chi connectivity index (χ0v) is 9.05. The number of carbonyl (C=O) groups excluding carboxylic acids is 1. The Hall–Kier alpha value is -1.24. The fourth-order valence-electron chi connectivity index (χ4n) is 0.885. The molecule has 0 saturated heterocycles. The van der Waals surface area contributed by atoms with Crippen LogP contribution in [0.2, 0.25) is 0 Å². The van der Waals surface area contributed by atoms with Crippen molar-refractivity contribution in [2.75, 3.05) is 5.32 Å². The standard InChI is InChI=1S/C8H7F3N2O.BrH/c9-8(10,11)5-1-3-6(4-2-5)13-7(12)14;/h1-4H,(H3,12,13,14);1H. The fraction of sp³-hybridized carbons (Fsp3) is 0.125. The molecule has 0 heterocycles. The van der Waals surface area contributed by atoms with Gasteiger partial charge in [-0.1, -0.05) is 0 Å². The van der Waals surface area contributed by atoms with Gasteiger partial charge in [0, 0.05) is 5.69 Å². The Morgan fingerprint density at radius 3 is 2.00 bits per heavy atom. The van der Waals surface area contributed by atoms with Crippen molar-refractivity contribution in [1.82, 2.24) is 0 Å². The number of nitrogens with two attached hydrogens (primary N) is 1. The molecule has 0 aliphatic heterocycles. The van der Waals surface area contributed by atoms with Crippen LogP contribution in [0.25, 0.3) is 0 Å². The van der Waals surface area contributed by atoms with Gasteiger partial charge in [-0.3, -0.25) is 0 Å². The number of nitrogens with one attached hydrogen (secondary N) is 1. The van der Waals surface area contributed by atoms with Gasteiger partial charge in [0.1, 0.15) is 0 Å². The van der Waals surface area contributed by atoms with Crippen molar-refractivity contribution < 1.29 is 18.0 Å². The number of alkyl halides is 3. The van der Waals surface area contributed by atoms with Crippen LogP contribution in [-0.4, -0.2) is 6.03 Å². The van der Waals surface area contributed by atoms with E-state index >= 15 is 0 Å². The second kappa shape index (κ2) is 5.01. The Balaban J connectivity index is 0.00000196. The van der Waals surface area contributed by atoms with Gasteiger partial charge in [-0.05, 0) is 24.3 Å². The normalized spacial score (nSPS) is 10.3. The summed E-state index contributed by atoms with van der Waals surface area (Å²) in [7, 11) is 0. The van der Waals surface area contributed by atoms with Crippen molar-refractivity contribution in [2.45, 2.75) is 6.18 Å². The highest BCUT2D eigenvalue weighted by Crippen LogP contribution is 2.29. The molecule has 0 saturated carbocycles. The first kappa shape index (κ1) is 13.8. The van der Waals surface area contributed by atoms with Crippen LogP contribution in [0.5, 0.6) is 0 Å². The summed E-state index contributed by atoms with van der Waals surface area (Å²) in [6.45, 7) is 0. The number of amides is 2. The van der Waals surface area contributed by atoms with E-state index in [1.54, 1.807) is 0 Å². The fourth-order valence-corrected chi connectivity index (χ4v) is 0.885. The van der Waals surface area contributed by atoms with E-state index in [1.807, 2.05) is 0 Å². The molecule has 0 radical (unpaired) electrons. The third kappa shape index (κ3) is 4.20. The SMILES string of the molecule is Br.NC(=O)Nc1ccc(C(F)(F)F)cc1. The van der Waals surface area contributed by atoms with Gasteiger partial charge < -0.3 is 11.1 Å². The first-order chi connectivity index (χ1) is 6.39. The predicted octanol–water partition coefficient (Wildman–Crippen LogP) is 2.77. The van der Waals surface area contributed by atoms with Crippen molar-refractivity contribution in [3.63, 3.8) is 0 Å². The summed E-state index contributed by atoms with van der Waals surface area (Å²) in [6.07, 6.45) is -4.37. The maximum Gasteiger partial charge on any atom is 0.416 e. The monoisotopic (exact) mass is 284 g/mol. The third-order valence-electron chi connectivity index (χ3n) is 1.48. The maximum absolute atomic E-state index is 12.1. The van der Waals surface area contributed by atoms with Crippen LogP contribution >= 0.6 is 17.0 Å². The van der Waals surface area contributed by atoms with Crippen molar-refractivity contribution >= 4 is 28.7 Å². The summed E-state index contributed by atoms with van der Waals surface area (Å²) in [4.78, 5) is 10.3. The van der Waals surface area contributed by atoms with E-state index < -0.39 is 17.8 Å². The van der Waals surface area contributed by atoms with Crippen LogP contribution in [-0.2, 0) is 6.18 Å².